The first-order valence-electron chi connectivity index (χ1n) is 17.4. The number of rotatable bonds is 17. The van der Waals surface area contributed by atoms with Gasteiger partial charge in [-0.3, -0.25) is 9.59 Å². The van der Waals surface area contributed by atoms with Gasteiger partial charge in [0.1, 0.15) is 52.4 Å². The third-order valence-electron chi connectivity index (χ3n) is 8.42. The minimum atomic E-state index is -0.488. The average molecular weight is 736 g/mol. The number of halogens is 2. The molecule has 0 fully saturated rings. The van der Waals surface area contributed by atoms with Crippen LogP contribution in [0.5, 0.6) is 11.5 Å². The van der Waals surface area contributed by atoms with Crippen LogP contribution in [0.1, 0.15) is 12.1 Å². The molecule has 3 heterocycles. The van der Waals surface area contributed by atoms with Gasteiger partial charge in [0.15, 0.2) is 10.9 Å². The lowest BCUT2D eigenvalue weighted by Crippen LogP contribution is -2.13. The Morgan fingerprint density at radius 3 is 1.69 bits per heavy atom. The minimum Gasteiger partial charge on any atom is -0.494 e. The summed E-state index contributed by atoms with van der Waals surface area (Å²) in [5.41, 5.74) is 2.31. The summed E-state index contributed by atoms with van der Waals surface area (Å²) in [5.74, 6) is 1.14. The fourth-order valence-corrected chi connectivity index (χ4v) is 5.68. The molecule has 54 heavy (non-hydrogen) atoms. The van der Waals surface area contributed by atoms with Gasteiger partial charge >= 0.3 is 0 Å². The summed E-state index contributed by atoms with van der Waals surface area (Å²) in [4.78, 5) is 24.8. The van der Waals surface area contributed by atoms with Crippen molar-refractivity contribution in [1.29, 1.82) is 0 Å². The zero-order valence-corrected chi connectivity index (χ0v) is 29.0. The van der Waals surface area contributed by atoms with Gasteiger partial charge in [0.2, 0.25) is 0 Å². The first-order chi connectivity index (χ1) is 26.4. The predicted molar refractivity (Wildman–Crippen MR) is 197 cm³/mol. The van der Waals surface area contributed by atoms with Crippen LogP contribution in [0.2, 0.25) is 0 Å². The zero-order chi connectivity index (χ0) is 37.3. The summed E-state index contributed by atoms with van der Waals surface area (Å²) in [6.07, 6.45) is 3.34. The van der Waals surface area contributed by atoms with Crippen molar-refractivity contribution < 1.29 is 36.6 Å². The van der Waals surface area contributed by atoms with Crippen LogP contribution in [0.3, 0.4) is 0 Å². The van der Waals surface area contributed by atoms with Crippen molar-refractivity contribution in [3.63, 3.8) is 0 Å². The molecule has 0 saturated heterocycles. The molecule has 3 aromatic heterocycles. The fraction of sp³-hybridized carbons (Fsp3) is 0.220. The van der Waals surface area contributed by atoms with E-state index in [9.17, 15) is 18.4 Å². The molecule has 0 spiro atoms. The highest BCUT2D eigenvalue weighted by Gasteiger charge is 2.10. The summed E-state index contributed by atoms with van der Waals surface area (Å²) < 4.78 is 63.2. The Morgan fingerprint density at radius 1 is 0.593 bits per heavy atom. The van der Waals surface area contributed by atoms with E-state index in [1.165, 1.54) is 48.5 Å². The Labute approximate surface area is 307 Å². The summed E-state index contributed by atoms with van der Waals surface area (Å²) in [6, 6.07) is 24.8. The van der Waals surface area contributed by atoms with E-state index in [1.807, 2.05) is 30.5 Å². The topological polar surface area (TPSA) is 128 Å². The quantitative estimate of drug-likeness (QED) is 0.0884. The van der Waals surface area contributed by atoms with Crippen LogP contribution >= 0.6 is 0 Å². The van der Waals surface area contributed by atoms with Crippen molar-refractivity contribution in [3.05, 3.63) is 141 Å². The molecule has 276 valence electrons. The van der Waals surface area contributed by atoms with Crippen molar-refractivity contribution in [1.82, 2.24) is 15.0 Å². The third kappa shape index (κ3) is 9.24. The van der Waals surface area contributed by atoms with Gasteiger partial charge < -0.3 is 27.8 Å². The number of hydrogen-bond acceptors (Lipinski definition) is 10. The number of nitrogens with zero attached hydrogens (tertiary/aromatic N) is 3. The Balaban J connectivity index is 0.738. The smallest absolute Gasteiger partial charge is 0.193 e. The number of hydrogen-bond donors (Lipinski definition) is 0. The first-order valence-corrected chi connectivity index (χ1v) is 17.4. The number of ether oxygens (including phenoxy) is 4. The van der Waals surface area contributed by atoms with Crippen LogP contribution in [0, 0.1) is 11.6 Å². The standard InChI is InChI=1S/C41H35F2N3O8/c42-29-7-13-38-34(22-29)36(47)24-40(53-38)27-3-9-32(10-4-27)51-16-1-2-31-26-46(45-44-31)15-17-49-18-19-50-20-21-52-33-11-5-28(6-12-33)41-25-37(48)35-23-30(43)8-14-39(35)54-41/h3-14,22-26H,1-2,15-21H2. The maximum absolute atomic E-state index is 13.5. The van der Waals surface area contributed by atoms with Crippen LogP contribution in [0.25, 0.3) is 44.6 Å². The van der Waals surface area contributed by atoms with E-state index in [1.54, 1.807) is 28.9 Å². The molecule has 11 nitrogen and oxygen atoms in total. The molecule has 0 N–H and O–H groups in total. The number of aryl methyl sites for hydroxylation is 1. The molecular formula is C41H35F2N3O8. The molecular weight excluding hydrogens is 700 g/mol. The van der Waals surface area contributed by atoms with E-state index in [0.29, 0.717) is 97.9 Å². The van der Waals surface area contributed by atoms with Gasteiger partial charge in [-0.05, 0) is 97.8 Å². The molecule has 0 aliphatic rings. The molecule has 13 heteroatoms. The van der Waals surface area contributed by atoms with Crippen molar-refractivity contribution in [2.24, 2.45) is 0 Å². The van der Waals surface area contributed by atoms with Crippen molar-refractivity contribution in [2.75, 3.05) is 39.6 Å². The minimum absolute atomic E-state index is 0.200. The fourth-order valence-electron chi connectivity index (χ4n) is 5.68. The first kappa shape index (κ1) is 36.2. The third-order valence-corrected chi connectivity index (χ3v) is 8.42. The maximum Gasteiger partial charge on any atom is 0.193 e. The molecule has 0 amide bonds. The molecule has 0 radical (unpaired) electrons. The van der Waals surface area contributed by atoms with E-state index >= 15 is 0 Å². The highest BCUT2D eigenvalue weighted by Crippen LogP contribution is 2.26. The van der Waals surface area contributed by atoms with Crippen LogP contribution in [0.4, 0.5) is 8.78 Å². The summed E-state index contributed by atoms with van der Waals surface area (Å²) in [5, 5.41) is 8.80. The second-order valence-corrected chi connectivity index (χ2v) is 12.3. The van der Waals surface area contributed by atoms with Crippen LogP contribution < -0.4 is 20.3 Å². The van der Waals surface area contributed by atoms with Crippen molar-refractivity contribution in [2.45, 2.75) is 19.4 Å². The van der Waals surface area contributed by atoms with Gasteiger partial charge in [0.25, 0.3) is 0 Å². The van der Waals surface area contributed by atoms with Crippen LogP contribution in [-0.4, -0.2) is 54.6 Å². The number of aromatic nitrogens is 3. The zero-order valence-electron chi connectivity index (χ0n) is 29.0. The second-order valence-electron chi connectivity index (χ2n) is 12.3. The molecule has 0 aliphatic carbocycles. The van der Waals surface area contributed by atoms with Crippen LogP contribution in [0.15, 0.2) is 122 Å². The molecule has 0 unspecified atom stereocenters. The Hall–Kier alpha value is -6.18. The summed E-state index contributed by atoms with van der Waals surface area (Å²) in [6.45, 7) is 3.09. The maximum atomic E-state index is 13.5. The number of benzene rings is 4. The van der Waals surface area contributed by atoms with E-state index in [0.717, 1.165) is 12.1 Å². The Bertz CT molecular complexity index is 2460. The average Bonchev–Trinajstić information content (AvgIpc) is 3.64. The van der Waals surface area contributed by atoms with Gasteiger partial charge in [-0.25, -0.2) is 13.5 Å². The highest BCUT2D eigenvalue weighted by atomic mass is 19.1. The van der Waals surface area contributed by atoms with Gasteiger partial charge in [0.05, 0.1) is 56.0 Å². The monoisotopic (exact) mass is 735 g/mol. The van der Waals surface area contributed by atoms with Gasteiger partial charge in [0, 0.05) is 29.5 Å². The van der Waals surface area contributed by atoms with E-state index in [4.69, 9.17) is 27.8 Å². The predicted octanol–water partition coefficient (Wildman–Crippen LogP) is 7.23. The van der Waals surface area contributed by atoms with Gasteiger partial charge in [-0.15, -0.1) is 5.10 Å². The molecule has 0 atom stereocenters. The normalized spacial score (nSPS) is 11.4. The lowest BCUT2D eigenvalue weighted by atomic mass is 10.1. The number of fused-ring (bicyclic) bond motifs is 2. The summed E-state index contributed by atoms with van der Waals surface area (Å²) >= 11 is 0. The van der Waals surface area contributed by atoms with E-state index in [2.05, 4.69) is 10.3 Å². The van der Waals surface area contributed by atoms with Crippen molar-refractivity contribution in [3.8, 4) is 34.1 Å². The molecule has 0 saturated carbocycles. The lowest BCUT2D eigenvalue weighted by Gasteiger charge is -2.09. The van der Waals surface area contributed by atoms with E-state index < -0.39 is 11.6 Å². The SMILES string of the molecule is O=c1cc(-c2ccc(OCCCc3cn(CCOCCOCCOc4ccc(-c5cc(=O)c6cc(F)ccc6o5)cc4)nn3)cc2)oc2ccc(F)cc12. The second kappa shape index (κ2) is 17.1. The van der Waals surface area contributed by atoms with E-state index in [-0.39, 0.29) is 21.6 Å². The van der Waals surface area contributed by atoms with Gasteiger partial charge in [-0.1, -0.05) is 5.21 Å². The van der Waals surface area contributed by atoms with Gasteiger partial charge in [-0.2, -0.15) is 0 Å². The van der Waals surface area contributed by atoms with Crippen molar-refractivity contribution >= 4 is 21.9 Å². The lowest BCUT2D eigenvalue weighted by molar-refractivity contribution is 0.0333. The molecule has 7 rings (SSSR count). The van der Waals surface area contributed by atoms with Crippen LogP contribution in [-0.2, 0) is 22.4 Å². The molecule has 0 bridgehead atoms. The highest BCUT2D eigenvalue weighted by molar-refractivity contribution is 5.79. The molecule has 7 aromatic rings. The molecule has 0 aliphatic heterocycles. The Kier molecular flexibility index (Phi) is 11.5. The Morgan fingerprint density at radius 2 is 1.11 bits per heavy atom. The summed E-state index contributed by atoms with van der Waals surface area (Å²) in [7, 11) is 0. The largest absolute Gasteiger partial charge is 0.494 e. The molecule has 4 aromatic carbocycles.